The molecule has 0 bridgehead atoms. The number of hydrogen-bond donors (Lipinski definition) is 0. The van der Waals surface area contributed by atoms with Crippen LogP contribution in [-0.2, 0) is 9.47 Å². The SMILES string of the molecule is Cc1ccc(C)c(C(=O)OC(=O)c2ccc(C(=O)OC(=O)c3cc(C)ccc3C)cc2)c1. The lowest BCUT2D eigenvalue weighted by molar-refractivity contribution is 0.0376. The lowest BCUT2D eigenvalue weighted by atomic mass is 10.1. The monoisotopic (exact) mass is 430 g/mol. The van der Waals surface area contributed by atoms with Crippen molar-refractivity contribution < 1.29 is 28.7 Å². The number of carbonyl (C=O) groups excluding carboxylic acids is 4. The van der Waals surface area contributed by atoms with Crippen molar-refractivity contribution in [1.29, 1.82) is 0 Å². The molecule has 32 heavy (non-hydrogen) atoms. The van der Waals surface area contributed by atoms with Crippen molar-refractivity contribution in [3.8, 4) is 0 Å². The first-order valence-electron chi connectivity index (χ1n) is 9.93. The molecule has 3 aromatic rings. The van der Waals surface area contributed by atoms with Crippen LogP contribution in [0, 0.1) is 27.7 Å². The number of benzene rings is 3. The summed E-state index contributed by atoms with van der Waals surface area (Å²) < 4.78 is 9.91. The first kappa shape index (κ1) is 22.6. The minimum absolute atomic E-state index is 0.0843. The smallest absolute Gasteiger partial charge is 0.346 e. The third-order valence-corrected chi connectivity index (χ3v) is 4.95. The Morgan fingerprint density at radius 2 is 0.844 bits per heavy atom. The second-order valence-electron chi connectivity index (χ2n) is 7.57. The molecule has 0 spiro atoms. The highest BCUT2D eigenvalue weighted by atomic mass is 16.6. The van der Waals surface area contributed by atoms with Gasteiger partial charge in [0.05, 0.1) is 22.3 Å². The van der Waals surface area contributed by atoms with Crippen LogP contribution < -0.4 is 0 Å². The van der Waals surface area contributed by atoms with E-state index in [9.17, 15) is 19.2 Å². The van der Waals surface area contributed by atoms with Gasteiger partial charge in [-0.3, -0.25) is 0 Å². The first-order valence-corrected chi connectivity index (χ1v) is 9.93. The summed E-state index contributed by atoms with van der Waals surface area (Å²) in [7, 11) is 0. The average molecular weight is 430 g/mol. The van der Waals surface area contributed by atoms with Gasteiger partial charge < -0.3 is 9.47 Å². The highest BCUT2D eigenvalue weighted by Gasteiger charge is 2.20. The maximum Gasteiger partial charge on any atom is 0.346 e. The van der Waals surface area contributed by atoms with Gasteiger partial charge in [0.15, 0.2) is 0 Å². The van der Waals surface area contributed by atoms with Gasteiger partial charge in [-0.2, -0.15) is 0 Å². The Kier molecular flexibility index (Phi) is 6.64. The van der Waals surface area contributed by atoms with Gasteiger partial charge in [0, 0.05) is 0 Å². The zero-order valence-corrected chi connectivity index (χ0v) is 18.2. The molecule has 0 N–H and O–H groups in total. The fraction of sp³-hybridized carbons (Fsp3) is 0.154. The number of ether oxygens (including phenoxy) is 2. The van der Waals surface area contributed by atoms with Crippen LogP contribution in [0.4, 0.5) is 0 Å². The molecule has 162 valence electrons. The van der Waals surface area contributed by atoms with Crippen LogP contribution in [0.3, 0.4) is 0 Å². The summed E-state index contributed by atoms with van der Waals surface area (Å²) in [6, 6.07) is 15.9. The normalized spacial score (nSPS) is 10.4. The van der Waals surface area contributed by atoms with Gasteiger partial charge in [-0.1, -0.05) is 35.4 Å². The number of rotatable bonds is 4. The second-order valence-corrected chi connectivity index (χ2v) is 7.57. The Balaban J connectivity index is 1.67. The summed E-state index contributed by atoms with van der Waals surface area (Å²) in [5.41, 5.74) is 3.91. The molecular weight excluding hydrogens is 408 g/mol. The first-order chi connectivity index (χ1) is 15.2. The Labute approximate surface area is 185 Å². The van der Waals surface area contributed by atoms with Crippen LogP contribution in [0.1, 0.15) is 63.7 Å². The predicted octanol–water partition coefficient (Wildman–Crippen LogP) is 4.91. The van der Waals surface area contributed by atoms with Crippen LogP contribution in [0.15, 0.2) is 60.7 Å². The van der Waals surface area contributed by atoms with E-state index in [-0.39, 0.29) is 11.1 Å². The van der Waals surface area contributed by atoms with E-state index in [1.54, 1.807) is 38.1 Å². The summed E-state index contributed by atoms with van der Waals surface area (Å²) in [6.07, 6.45) is 0. The molecule has 0 heterocycles. The van der Waals surface area contributed by atoms with Gasteiger partial charge in [-0.15, -0.1) is 0 Å². The summed E-state index contributed by atoms with van der Waals surface area (Å²) in [5, 5.41) is 0. The van der Waals surface area contributed by atoms with Crippen molar-refractivity contribution >= 4 is 23.9 Å². The summed E-state index contributed by atoms with van der Waals surface area (Å²) in [5.74, 6) is -3.19. The van der Waals surface area contributed by atoms with Crippen molar-refractivity contribution in [1.82, 2.24) is 0 Å². The molecular formula is C26H22O6. The molecule has 0 saturated carbocycles. The van der Waals surface area contributed by atoms with Gasteiger partial charge in [-0.25, -0.2) is 19.2 Å². The molecule has 0 fully saturated rings. The topological polar surface area (TPSA) is 86.7 Å². The fourth-order valence-corrected chi connectivity index (χ4v) is 3.05. The van der Waals surface area contributed by atoms with E-state index in [0.717, 1.165) is 11.1 Å². The van der Waals surface area contributed by atoms with E-state index in [0.29, 0.717) is 22.3 Å². The van der Waals surface area contributed by atoms with Crippen molar-refractivity contribution in [2.45, 2.75) is 27.7 Å². The van der Waals surface area contributed by atoms with Crippen molar-refractivity contribution in [3.05, 3.63) is 105 Å². The summed E-state index contributed by atoms with van der Waals surface area (Å²) >= 11 is 0. The maximum absolute atomic E-state index is 12.3. The van der Waals surface area contributed by atoms with E-state index < -0.39 is 23.9 Å². The molecule has 3 aromatic carbocycles. The van der Waals surface area contributed by atoms with Crippen LogP contribution in [0.25, 0.3) is 0 Å². The molecule has 6 heteroatoms. The van der Waals surface area contributed by atoms with E-state index in [1.165, 1.54) is 24.3 Å². The molecule has 0 aliphatic heterocycles. The number of aryl methyl sites for hydroxylation is 4. The molecule has 0 unspecified atom stereocenters. The quantitative estimate of drug-likeness (QED) is 0.432. The molecule has 6 nitrogen and oxygen atoms in total. The highest BCUT2D eigenvalue weighted by Crippen LogP contribution is 2.16. The lowest BCUT2D eigenvalue weighted by Crippen LogP contribution is -2.15. The minimum atomic E-state index is -0.845. The van der Waals surface area contributed by atoms with Crippen molar-refractivity contribution in [3.63, 3.8) is 0 Å². The van der Waals surface area contributed by atoms with Gasteiger partial charge in [0.1, 0.15) is 0 Å². The van der Waals surface area contributed by atoms with Crippen LogP contribution in [-0.4, -0.2) is 23.9 Å². The molecule has 3 rings (SSSR count). The standard InChI is InChI=1S/C26H22O6/c1-15-5-7-17(3)21(13-15)25(29)31-23(27)19-9-11-20(12-10-19)24(28)32-26(30)22-14-16(2)6-8-18(22)4/h5-14H,1-4H3. The Morgan fingerprint density at radius 1 is 0.500 bits per heavy atom. The highest BCUT2D eigenvalue weighted by molar-refractivity contribution is 6.05. The van der Waals surface area contributed by atoms with Crippen molar-refractivity contribution in [2.75, 3.05) is 0 Å². The Morgan fingerprint density at radius 3 is 1.19 bits per heavy atom. The summed E-state index contributed by atoms with van der Waals surface area (Å²) in [6.45, 7) is 7.17. The molecule has 0 aromatic heterocycles. The number of hydrogen-bond acceptors (Lipinski definition) is 6. The Hall–Kier alpha value is -4.06. The van der Waals surface area contributed by atoms with Crippen LogP contribution >= 0.6 is 0 Å². The Bertz CT molecular complexity index is 1130. The zero-order chi connectivity index (χ0) is 23.4. The van der Waals surface area contributed by atoms with Gasteiger partial charge >= 0.3 is 23.9 Å². The van der Waals surface area contributed by atoms with Crippen molar-refractivity contribution in [2.24, 2.45) is 0 Å². The second kappa shape index (κ2) is 9.39. The molecule has 0 aliphatic carbocycles. The van der Waals surface area contributed by atoms with E-state index >= 15 is 0 Å². The lowest BCUT2D eigenvalue weighted by Gasteiger charge is -2.08. The van der Waals surface area contributed by atoms with Crippen LogP contribution in [0.5, 0.6) is 0 Å². The molecule has 0 amide bonds. The maximum atomic E-state index is 12.3. The fourth-order valence-electron chi connectivity index (χ4n) is 3.05. The van der Waals surface area contributed by atoms with Crippen LogP contribution in [0.2, 0.25) is 0 Å². The van der Waals surface area contributed by atoms with E-state index in [1.807, 2.05) is 26.0 Å². The minimum Gasteiger partial charge on any atom is -0.386 e. The predicted molar refractivity (Wildman–Crippen MR) is 118 cm³/mol. The molecule has 0 atom stereocenters. The average Bonchev–Trinajstić information content (AvgIpc) is 2.76. The largest absolute Gasteiger partial charge is 0.386 e. The summed E-state index contributed by atoms with van der Waals surface area (Å²) in [4.78, 5) is 49.3. The third kappa shape index (κ3) is 5.16. The van der Waals surface area contributed by atoms with Gasteiger partial charge in [0.25, 0.3) is 0 Å². The zero-order valence-electron chi connectivity index (χ0n) is 18.2. The van der Waals surface area contributed by atoms with Gasteiger partial charge in [-0.05, 0) is 75.2 Å². The van der Waals surface area contributed by atoms with Gasteiger partial charge in [0.2, 0.25) is 0 Å². The third-order valence-electron chi connectivity index (χ3n) is 4.95. The molecule has 0 saturated heterocycles. The van der Waals surface area contributed by atoms with E-state index in [2.05, 4.69) is 0 Å². The number of carbonyl (C=O) groups is 4. The molecule has 0 radical (unpaired) electrons. The number of esters is 4. The van der Waals surface area contributed by atoms with E-state index in [4.69, 9.17) is 9.47 Å². The molecule has 0 aliphatic rings.